The molecule has 0 spiro atoms. The first-order chi connectivity index (χ1) is 11.0. The lowest BCUT2D eigenvalue weighted by atomic mass is 10.1. The Morgan fingerprint density at radius 3 is 2.35 bits per heavy atom. The Balaban J connectivity index is 1.81. The van der Waals surface area contributed by atoms with Crippen LogP contribution >= 0.6 is 0 Å². The fourth-order valence-electron chi connectivity index (χ4n) is 2.14. The van der Waals surface area contributed by atoms with E-state index in [9.17, 15) is 4.39 Å². The third-order valence-electron chi connectivity index (χ3n) is 3.70. The van der Waals surface area contributed by atoms with Crippen LogP contribution in [0.3, 0.4) is 0 Å². The molecule has 120 valence electrons. The number of hydrogen-bond donors (Lipinski definition) is 2. The predicted octanol–water partition coefficient (Wildman–Crippen LogP) is 4.71. The molecule has 0 aliphatic carbocycles. The summed E-state index contributed by atoms with van der Waals surface area (Å²) in [6.07, 6.45) is 0.908. The molecule has 0 fully saturated rings. The predicted molar refractivity (Wildman–Crippen MR) is 95.9 cm³/mol. The van der Waals surface area contributed by atoms with E-state index in [-0.39, 0.29) is 5.82 Å². The molecular weight excluding hydrogens is 287 g/mol. The van der Waals surface area contributed by atoms with Crippen LogP contribution in [0.1, 0.15) is 16.7 Å². The summed E-state index contributed by atoms with van der Waals surface area (Å²) in [7, 11) is 0. The van der Waals surface area contributed by atoms with Crippen molar-refractivity contribution >= 4 is 5.69 Å². The molecule has 0 atom stereocenters. The molecule has 2 aromatic carbocycles. The number of halogens is 1. The van der Waals surface area contributed by atoms with Crippen LogP contribution < -0.4 is 10.6 Å². The first-order valence-corrected chi connectivity index (χ1v) is 7.66. The Kier molecular flexibility index (Phi) is 5.58. The highest BCUT2D eigenvalue weighted by atomic mass is 19.1. The molecule has 0 heterocycles. The van der Waals surface area contributed by atoms with E-state index in [4.69, 9.17) is 0 Å². The highest BCUT2D eigenvalue weighted by Crippen LogP contribution is 2.16. The number of rotatable bonds is 7. The highest BCUT2D eigenvalue weighted by Gasteiger charge is 2.03. The zero-order chi connectivity index (χ0) is 16.8. The zero-order valence-corrected chi connectivity index (χ0v) is 13.7. The van der Waals surface area contributed by atoms with E-state index in [2.05, 4.69) is 55.0 Å². The highest BCUT2D eigenvalue weighted by molar-refractivity contribution is 5.52. The second kappa shape index (κ2) is 7.63. The van der Waals surface area contributed by atoms with Gasteiger partial charge in [0.25, 0.3) is 0 Å². The maximum absolute atomic E-state index is 13.5. The van der Waals surface area contributed by atoms with Gasteiger partial charge < -0.3 is 10.6 Å². The number of nitrogens with one attached hydrogen (secondary N) is 2. The lowest BCUT2D eigenvalue weighted by molar-refractivity contribution is 0.619. The van der Waals surface area contributed by atoms with Crippen LogP contribution in [0.15, 0.2) is 67.0 Å². The molecule has 2 N–H and O–H groups in total. The molecular formula is C20H23FN2. The van der Waals surface area contributed by atoms with Crippen molar-refractivity contribution in [2.24, 2.45) is 0 Å². The van der Waals surface area contributed by atoms with Gasteiger partial charge in [-0.25, -0.2) is 4.39 Å². The van der Waals surface area contributed by atoms with Gasteiger partial charge in [-0.15, -0.1) is 0 Å². The Morgan fingerprint density at radius 1 is 1.00 bits per heavy atom. The Labute approximate surface area is 137 Å². The molecule has 0 unspecified atom stereocenters. The van der Waals surface area contributed by atoms with Crippen molar-refractivity contribution in [1.29, 1.82) is 0 Å². The first-order valence-electron chi connectivity index (χ1n) is 7.66. The lowest BCUT2D eigenvalue weighted by Gasteiger charge is -2.15. The van der Waals surface area contributed by atoms with Gasteiger partial charge in [0, 0.05) is 17.9 Å². The number of anilines is 1. The van der Waals surface area contributed by atoms with E-state index in [0.29, 0.717) is 22.6 Å². The molecule has 0 radical (unpaired) electrons. The summed E-state index contributed by atoms with van der Waals surface area (Å²) in [6, 6.07) is 13.5. The van der Waals surface area contributed by atoms with Crippen molar-refractivity contribution in [3.63, 3.8) is 0 Å². The molecule has 2 nitrogen and oxygen atoms in total. The maximum Gasteiger partial charge on any atom is 0.128 e. The third kappa shape index (κ3) is 4.99. The van der Waals surface area contributed by atoms with Crippen molar-refractivity contribution in [3.05, 3.63) is 89.5 Å². The van der Waals surface area contributed by atoms with Crippen LogP contribution in [0.2, 0.25) is 0 Å². The maximum atomic E-state index is 13.5. The van der Waals surface area contributed by atoms with Gasteiger partial charge >= 0.3 is 0 Å². The van der Waals surface area contributed by atoms with Crippen molar-refractivity contribution < 1.29 is 4.39 Å². The van der Waals surface area contributed by atoms with E-state index < -0.39 is 0 Å². The molecule has 23 heavy (non-hydrogen) atoms. The minimum atomic E-state index is -0.235. The summed E-state index contributed by atoms with van der Waals surface area (Å²) in [5, 5.41) is 6.31. The summed E-state index contributed by atoms with van der Waals surface area (Å²) < 4.78 is 13.5. The zero-order valence-electron chi connectivity index (χ0n) is 13.7. The lowest BCUT2D eigenvalue weighted by Crippen LogP contribution is -2.19. The fraction of sp³-hybridized carbons (Fsp3) is 0.200. The Morgan fingerprint density at radius 2 is 1.70 bits per heavy atom. The van der Waals surface area contributed by atoms with E-state index in [1.807, 2.05) is 6.07 Å². The minimum Gasteiger partial charge on any atom is -0.384 e. The summed E-state index contributed by atoms with van der Waals surface area (Å²) in [4.78, 5) is 0. The molecule has 0 aromatic heterocycles. The molecule has 0 saturated carbocycles. The summed E-state index contributed by atoms with van der Waals surface area (Å²) in [6.45, 7) is 12.5. The fourth-order valence-corrected chi connectivity index (χ4v) is 2.14. The van der Waals surface area contributed by atoms with Gasteiger partial charge in [-0.2, -0.15) is 0 Å². The number of benzene rings is 2. The molecule has 3 heteroatoms. The van der Waals surface area contributed by atoms with E-state index in [1.54, 1.807) is 13.0 Å². The van der Waals surface area contributed by atoms with Crippen molar-refractivity contribution in [1.82, 2.24) is 5.32 Å². The standard InChI is InChI=1S/C20H23FN2/c1-14-5-8-18(9-6-14)11-12-22-16(3)17(4)23-19-10-7-15(2)20(21)13-19/h5-10,13,22-23H,3-4,11-12H2,1-2H3. The Hall–Kier alpha value is -2.55. The van der Waals surface area contributed by atoms with E-state index in [0.717, 1.165) is 13.0 Å². The first kappa shape index (κ1) is 16.8. The summed E-state index contributed by atoms with van der Waals surface area (Å²) >= 11 is 0. The van der Waals surface area contributed by atoms with Gasteiger partial charge in [0.1, 0.15) is 5.82 Å². The van der Waals surface area contributed by atoms with Gasteiger partial charge in [0.05, 0.1) is 5.70 Å². The second-order valence-corrected chi connectivity index (χ2v) is 5.71. The SMILES string of the molecule is C=C(NCCc1ccc(C)cc1)C(=C)Nc1ccc(C)c(F)c1. The monoisotopic (exact) mass is 310 g/mol. The smallest absolute Gasteiger partial charge is 0.128 e. The molecule has 2 aromatic rings. The summed E-state index contributed by atoms with van der Waals surface area (Å²) in [5.74, 6) is -0.235. The number of aryl methyl sites for hydroxylation is 2. The average Bonchev–Trinajstić information content (AvgIpc) is 2.52. The summed E-state index contributed by atoms with van der Waals surface area (Å²) in [5.41, 5.74) is 5.16. The normalized spacial score (nSPS) is 10.2. The van der Waals surface area contributed by atoms with Crippen molar-refractivity contribution in [2.45, 2.75) is 20.3 Å². The average molecular weight is 310 g/mol. The quantitative estimate of drug-likeness (QED) is 0.723. The van der Waals surface area contributed by atoms with Gasteiger partial charge in [-0.1, -0.05) is 49.1 Å². The van der Waals surface area contributed by atoms with Crippen LogP contribution in [-0.2, 0) is 6.42 Å². The molecule has 0 aliphatic rings. The van der Waals surface area contributed by atoms with Crippen LogP contribution in [-0.4, -0.2) is 6.54 Å². The van der Waals surface area contributed by atoms with Gasteiger partial charge in [0.15, 0.2) is 0 Å². The largest absolute Gasteiger partial charge is 0.384 e. The van der Waals surface area contributed by atoms with Gasteiger partial charge in [-0.3, -0.25) is 0 Å². The van der Waals surface area contributed by atoms with E-state index in [1.165, 1.54) is 17.2 Å². The van der Waals surface area contributed by atoms with Gasteiger partial charge in [0.2, 0.25) is 0 Å². The molecule has 0 bridgehead atoms. The third-order valence-corrected chi connectivity index (χ3v) is 3.70. The number of hydrogen-bond acceptors (Lipinski definition) is 2. The Bertz CT molecular complexity index is 702. The molecule has 0 aliphatic heterocycles. The second-order valence-electron chi connectivity index (χ2n) is 5.71. The van der Waals surface area contributed by atoms with Crippen molar-refractivity contribution in [3.8, 4) is 0 Å². The van der Waals surface area contributed by atoms with Crippen LogP contribution in [0.5, 0.6) is 0 Å². The minimum absolute atomic E-state index is 0.235. The molecule has 0 saturated heterocycles. The van der Waals surface area contributed by atoms with Gasteiger partial charge in [-0.05, 0) is 43.5 Å². The van der Waals surface area contributed by atoms with Crippen LogP contribution in [0, 0.1) is 19.7 Å². The van der Waals surface area contributed by atoms with Crippen molar-refractivity contribution in [2.75, 3.05) is 11.9 Å². The van der Waals surface area contributed by atoms with E-state index >= 15 is 0 Å². The van der Waals surface area contributed by atoms with Crippen LogP contribution in [0.4, 0.5) is 10.1 Å². The molecule has 2 rings (SSSR count). The molecule has 0 amide bonds. The van der Waals surface area contributed by atoms with Crippen LogP contribution in [0.25, 0.3) is 0 Å². The topological polar surface area (TPSA) is 24.1 Å².